The Balaban J connectivity index is 1.71. The second-order valence-electron chi connectivity index (χ2n) is 6.44. The van der Waals surface area contributed by atoms with Gasteiger partial charge in [-0.2, -0.15) is 0 Å². The highest BCUT2D eigenvalue weighted by Crippen LogP contribution is 2.38. The fourth-order valence-electron chi connectivity index (χ4n) is 2.77. The Morgan fingerprint density at radius 3 is 2.76 bits per heavy atom. The molecule has 5 nitrogen and oxygen atoms in total. The Bertz CT molecular complexity index is 869. The Morgan fingerprint density at radius 2 is 2.00 bits per heavy atom. The van der Waals surface area contributed by atoms with Crippen LogP contribution in [0, 0.1) is 0 Å². The molecule has 2 N–H and O–H groups in total. The van der Waals surface area contributed by atoms with Gasteiger partial charge < -0.3 is 15.4 Å². The van der Waals surface area contributed by atoms with Crippen LogP contribution in [0.4, 0.5) is 11.4 Å². The molecule has 25 heavy (non-hydrogen) atoms. The predicted octanol–water partition coefficient (Wildman–Crippen LogP) is 3.58. The lowest BCUT2D eigenvalue weighted by atomic mass is 9.86. The molecule has 0 aromatic heterocycles. The van der Waals surface area contributed by atoms with Gasteiger partial charge in [-0.05, 0) is 55.3 Å². The number of nitrogens with one attached hydrogen (secondary N) is 2. The average molecular weight is 336 g/mol. The van der Waals surface area contributed by atoms with Crippen molar-refractivity contribution in [3.63, 3.8) is 0 Å². The number of amides is 2. The monoisotopic (exact) mass is 336 g/mol. The summed E-state index contributed by atoms with van der Waals surface area (Å²) in [6, 6.07) is 12.9. The zero-order valence-electron chi connectivity index (χ0n) is 14.4. The Hall–Kier alpha value is -3.08. The lowest BCUT2D eigenvalue weighted by Crippen LogP contribution is -2.26. The van der Waals surface area contributed by atoms with Crippen LogP contribution >= 0.6 is 0 Å². The lowest BCUT2D eigenvalue weighted by molar-refractivity contribution is -0.119. The molecule has 0 unspecified atom stereocenters. The zero-order valence-corrected chi connectivity index (χ0v) is 14.4. The summed E-state index contributed by atoms with van der Waals surface area (Å²) in [5.74, 6) is 0.454. The molecule has 0 saturated carbocycles. The summed E-state index contributed by atoms with van der Waals surface area (Å²) in [5, 5.41) is 5.65. The van der Waals surface area contributed by atoms with Crippen molar-refractivity contribution in [3.05, 3.63) is 59.7 Å². The number of anilines is 2. The lowest BCUT2D eigenvalue weighted by Gasteiger charge is -2.15. The Kier molecular flexibility index (Phi) is 4.31. The van der Waals surface area contributed by atoms with Crippen LogP contribution in [0.15, 0.2) is 48.5 Å². The quantitative estimate of drug-likeness (QED) is 0.839. The van der Waals surface area contributed by atoms with Crippen LogP contribution < -0.4 is 15.4 Å². The first-order chi connectivity index (χ1) is 11.9. The maximum atomic E-state index is 12.1. The first kappa shape index (κ1) is 16.8. The van der Waals surface area contributed by atoms with Gasteiger partial charge in [-0.25, -0.2) is 0 Å². The van der Waals surface area contributed by atoms with Crippen molar-refractivity contribution in [3.8, 4) is 5.75 Å². The molecule has 3 rings (SSSR count). The van der Waals surface area contributed by atoms with Crippen molar-refractivity contribution >= 4 is 29.3 Å². The summed E-state index contributed by atoms with van der Waals surface area (Å²) in [6.07, 6.45) is 3.18. The van der Waals surface area contributed by atoms with Gasteiger partial charge in [0.15, 0.2) is 0 Å². The molecule has 0 saturated heterocycles. The molecule has 128 valence electrons. The predicted molar refractivity (Wildman–Crippen MR) is 98.8 cm³/mol. The van der Waals surface area contributed by atoms with E-state index in [2.05, 4.69) is 10.6 Å². The second-order valence-corrected chi connectivity index (χ2v) is 6.44. The largest absolute Gasteiger partial charge is 0.497 e. The van der Waals surface area contributed by atoms with Gasteiger partial charge in [0, 0.05) is 17.5 Å². The summed E-state index contributed by atoms with van der Waals surface area (Å²) in [4.78, 5) is 24.1. The van der Waals surface area contributed by atoms with Crippen LogP contribution in [-0.4, -0.2) is 18.9 Å². The van der Waals surface area contributed by atoms with E-state index in [9.17, 15) is 9.59 Å². The average Bonchev–Trinajstić information content (AvgIpc) is 2.82. The van der Waals surface area contributed by atoms with Gasteiger partial charge in [0.05, 0.1) is 12.5 Å². The SMILES string of the molecule is COc1cccc(C=CC(=O)Nc2ccc3c(c2)NC(=O)C3(C)C)c1. The van der Waals surface area contributed by atoms with Gasteiger partial charge in [0.1, 0.15) is 5.75 Å². The van der Waals surface area contributed by atoms with Crippen LogP contribution in [-0.2, 0) is 15.0 Å². The second kappa shape index (κ2) is 6.43. The van der Waals surface area contributed by atoms with E-state index < -0.39 is 5.41 Å². The van der Waals surface area contributed by atoms with Gasteiger partial charge >= 0.3 is 0 Å². The van der Waals surface area contributed by atoms with Gasteiger partial charge in [0.2, 0.25) is 11.8 Å². The Labute approximate surface area is 146 Å². The van der Waals surface area contributed by atoms with E-state index in [1.165, 1.54) is 6.08 Å². The molecule has 0 fully saturated rings. The molecule has 1 heterocycles. The number of hydrogen-bond acceptors (Lipinski definition) is 3. The summed E-state index contributed by atoms with van der Waals surface area (Å²) >= 11 is 0. The van der Waals surface area contributed by atoms with E-state index in [0.29, 0.717) is 5.69 Å². The highest BCUT2D eigenvalue weighted by molar-refractivity contribution is 6.07. The van der Waals surface area contributed by atoms with Gasteiger partial charge in [-0.1, -0.05) is 18.2 Å². The van der Waals surface area contributed by atoms with Crippen molar-refractivity contribution in [2.75, 3.05) is 17.7 Å². The molecule has 0 atom stereocenters. The highest BCUT2D eigenvalue weighted by atomic mass is 16.5. The number of rotatable bonds is 4. The minimum absolute atomic E-state index is 0.0381. The van der Waals surface area contributed by atoms with E-state index in [4.69, 9.17) is 4.74 Å². The maximum absolute atomic E-state index is 12.1. The number of fused-ring (bicyclic) bond motifs is 1. The fourth-order valence-corrected chi connectivity index (χ4v) is 2.77. The zero-order chi connectivity index (χ0) is 18.0. The number of carbonyl (C=O) groups excluding carboxylic acids is 2. The third-order valence-electron chi connectivity index (χ3n) is 4.30. The number of ether oxygens (including phenoxy) is 1. The third kappa shape index (κ3) is 3.40. The minimum atomic E-state index is -0.551. The highest BCUT2D eigenvalue weighted by Gasteiger charge is 2.38. The van der Waals surface area contributed by atoms with Gasteiger partial charge in [0.25, 0.3) is 0 Å². The number of hydrogen-bond donors (Lipinski definition) is 2. The molecule has 2 aromatic carbocycles. The van der Waals surface area contributed by atoms with E-state index in [1.807, 2.05) is 44.2 Å². The van der Waals surface area contributed by atoms with E-state index in [1.54, 1.807) is 25.3 Å². The van der Waals surface area contributed by atoms with Crippen molar-refractivity contribution in [2.45, 2.75) is 19.3 Å². The number of methoxy groups -OCH3 is 1. The molecule has 5 heteroatoms. The van der Waals surface area contributed by atoms with E-state index in [0.717, 1.165) is 22.6 Å². The summed E-state index contributed by atoms with van der Waals surface area (Å²) in [5.41, 5.74) is 2.63. The van der Waals surface area contributed by atoms with Gasteiger partial charge in [-0.3, -0.25) is 9.59 Å². The molecule has 2 amide bonds. The molecule has 0 bridgehead atoms. The van der Waals surface area contributed by atoms with Crippen molar-refractivity contribution < 1.29 is 14.3 Å². The third-order valence-corrected chi connectivity index (χ3v) is 4.30. The number of benzene rings is 2. The molecular formula is C20H20N2O3. The number of carbonyl (C=O) groups is 2. The van der Waals surface area contributed by atoms with E-state index >= 15 is 0 Å². The van der Waals surface area contributed by atoms with Crippen molar-refractivity contribution in [1.29, 1.82) is 0 Å². The standard InChI is InChI=1S/C20H20N2O3/c1-20(2)16-9-8-14(12-17(16)22-19(20)24)21-18(23)10-7-13-5-4-6-15(11-13)25-3/h4-12H,1-3H3,(H,21,23)(H,22,24). The summed E-state index contributed by atoms with van der Waals surface area (Å²) in [6.45, 7) is 3.76. The van der Waals surface area contributed by atoms with Crippen LogP contribution in [0.3, 0.4) is 0 Å². The van der Waals surface area contributed by atoms with Crippen LogP contribution in [0.1, 0.15) is 25.0 Å². The smallest absolute Gasteiger partial charge is 0.248 e. The topological polar surface area (TPSA) is 67.4 Å². The molecule has 1 aliphatic rings. The first-order valence-corrected chi connectivity index (χ1v) is 7.99. The van der Waals surface area contributed by atoms with Gasteiger partial charge in [-0.15, -0.1) is 0 Å². The van der Waals surface area contributed by atoms with E-state index in [-0.39, 0.29) is 11.8 Å². The molecule has 0 radical (unpaired) electrons. The molecule has 0 aliphatic carbocycles. The maximum Gasteiger partial charge on any atom is 0.248 e. The van der Waals surface area contributed by atoms with Crippen LogP contribution in [0.5, 0.6) is 5.75 Å². The molecule has 0 spiro atoms. The first-order valence-electron chi connectivity index (χ1n) is 7.99. The summed E-state index contributed by atoms with van der Waals surface area (Å²) in [7, 11) is 1.60. The Morgan fingerprint density at radius 1 is 1.20 bits per heavy atom. The fraction of sp³-hybridized carbons (Fsp3) is 0.200. The normalized spacial score (nSPS) is 14.9. The molecule has 2 aromatic rings. The van der Waals surface area contributed by atoms with Crippen LogP contribution in [0.2, 0.25) is 0 Å². The van der Waals surface area contributed by atoms with Crippen molar-refractivity contribution in [2.24, 2.45) is 0 Å². The molecular weight excluding hydrogens is 316 g/mol. The summed E-state index contributed by atoms with van der Waals surface area (Å²) < 4.78 is 5.16. The minimum Gasteiger partial charge on any atom is -0.497 e. The van der Waals surface area contributed by atoms with Crippen LogP contribution in [0.25, 0.3) is 6.08 Å². The molecule has 1 aliphatic heterocycles. The van der Waals surface area contributed by atoms with Crippen molar-refractivity contribution in [1.82, 2.24) is 0 Å².